The van der Waals surface area contributed by atoms with Crippen LogP contribution in [0.3, 0.4) is 0 Å². The molecule has 0 unspecified atom stereocenters. The molecule has 4 rings (SSSR count). The molecule has 0 aliphatic rings. The van der Waals surface area contributed by atoms with E-state index >= 15 is 0 Å². The summed E-state index contributed by atoms with van der Waals surface area (Å²) >= 11 is 0. The number of aromatic hydroxyl groups is 1. The predicted molar refractivity (Wildman–Crippen MR) is 120 cm³/mol. The van der Waals surface area contributed by atoms with Crippen LogP contribution in [0, 0.1) is 6.92 Å². The fourth-order valence-corrected chi connectivity index (χ4v) is 3.55. The minimum atomic E-state index is -0.132. The highest BCUT2D eigenvalue weighted by atomic mass is 16.5. The van der Waals surface area contributed by atoms with E-state index in [4.69, 9.17) is 9.72 Å². The zero-order valence-electron chi connectivity index (χ0n) is 17.1. The van der Waals surface area contributed by atoms with Gasteiger partial charge in [0.1, 0.15) is 5.82 Å². The van der Waals surface area contributed by atoms with E-state index in [0.29, 0.717) is 28.0 Å². The lowest BCUT2D eigenvalue weighted by Crippen LogP contribution is -2.24. The first-order valence-corrected chi connectivity index (χ1v) is 9.63. The number of phenols is 1. The molecule has 0 aliphatic heterocycles. The van der Waals surface area contributed by atoms with Crippen molar-refractivity contribution in [1.29, 1.82) is 0 Å². The summed E-state index contributed by atoms with van der Waals surface area (Å²) in [5.41, 5.74) is 3.57. The van der Waals surface area contributed by atoms with Gasteiger partial charge in [0.25, 0.3) is 5.56 Å². The molecule has 0 radical (unpaired) electrons. The number of methoxy groups -OCH3 is 1. The highest BCUT2D eigenvalue weighted by Crippen LogP contribution is 2.32. The van der Waals surface area contributed by atoms with Crippen LogP contribution in [0.2, 0.25) is 0 Å². The minimum absolute atomic E-state index is 0.0462. The van der Waals surface area contributed by atoms with Crippen molar-refractivity contribution < 1.29 is 9.84 Å². The summed E-state index contributed by atoms with van der Waals surface area (Å²) in [7, 11) is 1.51. The lowest BCUT2D eigenvalue weighted by molar-refractivity contribution is 0.373. The number of aromatic nitrogens is 2. The lowest BCUT2D eigenvalue weighted by Gasteiger charge is -2.16. The van der Waals surface area contributed by atoms with Crippen molar-refractivity contribution in [2.24, 2.45) is 0 Å². The molecule has 0 amide bonds. The molecule has 150 valence electrons. The molecule has 0 fully saturated rings. The third-order valence-electron chi connectivity index (χ3n) is 5.11. The number of nitrogens with zero attached hydrogens (tertiary/aromatic N) is 2. The molecule has 4 aromatic rings. The summed E-state index contributed by atoms with van der Waals surface area (Å²) in [5, 5.41) is 11.0. The summed E-state index contributed by atoms with van der Waals surface area (Å²) in [4.78, 5) is 18.3. The molecule has 5 nitrogen and oxygen atoms in total. The van der Waals surface area contributed by atoms with Crippen LogP contribution in [0.5, 0.6) is 11.5 Å². The first-order chi connectivity index (χ1) is 14.5. The van der Waals surface area contributed by atoms with Gasteiger partial charge in [0.05, 0.1) is 23.7 Å². The quantitative estimate of drug-likeness (QED) is 0.527. The predicted octanol–water partition coefficient (Wildman–Crippen LogP) is 4.97. The second kappa shape index (κ2) is 7.87. The number of hydrogen-bond acceptors (Lipinski definition) is 4. The van der Waals surface area contributed by atoms with E-state index in [9.17, 15) is 9.90 Å². The summed E-state index contributed by atoms with van der Waals surface area (Å²) in [6, 6.07) is 20.3. The third kappa shape index (κ3) is 3.35. The largest absolute Gasteiger partial charge is 0.504 e. The molecule has 1 aromatic heterocycles. The van der Waals surface area contributed by atoms with Gasteiger partial charge in [0.2, 0.25) is 0 Å². The van der Waals surface area contributed by atoms with Crippen LogP contribution in [-0.2, 0) is 0 Å². The number of para-hydroxylation sites is 3. The van der Waals surface area contributed by atoms with Gasteiger partial charge in [0.15, 0.2) is 11.5 Å². The molecule has 1 heterocycles. The zero-order chi connectivity index (χ0) is 21.3. The molecule has 0 aliphatic carbocycles. The van der Waals surface area contributed by atoms with Crippen LogP contribution in [-0.4, -0.2) is 21.8 Å². The normalized spacial score (nSPS) is 11.6. The molecule has 0 atom stereocenters. The molecule has 3 aromatic carbocycles. The summed E-state index contributed by atoms with van der Waals surface area (Å²) in [6.07, 6.45) is 1.81. The average Bonchev–Trinajstić information content (AvgIpc) is 2.76. The SMILES string of the molecule is COc1cccc(/C=C(\C)c2nc3ccccc3c(=O)n2-c2ccccc2C)c1O. The fourth-order valence-electron chi connectivity index (χ4n) is 3.55. The Morgan fingerprint density at radius 1 is 1.03 bits per heavy atom. The smallest absolute Gasteiger partial charge is 0.266 e. The molecular formula is C25H22N2O3. The first kappa shape index (κ1) is 19.5. The van der Waals surface area contributed by atoms with Crippen molar-refractivity contribution >= 4 is 22.6 Å². The van der Waals surface area contributed by atoms with Gasteiger partial charge in [-0.05, 0) is 55.3 Å². The Labute approximate surface area is 174 Å². The maximum absolute atomic E-state index is 13.5. The van der Waals surface area contributed by atoms with E-state index in [-0.39, 0.29) is 11.3 Å². The highest BCUT2D eigenvalue weighted by molar-refractivity contribution is 5.85. The molecule has 30 heavy (non-hydrogen) atoms. The van der Waals surface area contributed by atoms with E-state index in [1.807, 2.05) is 62.4 Å². The zero-order valence-corrected chi connectivity index (χ0v) is 17.1. The first-order valence-electron chi connectivity index (χ1n) is 9.63. The number of hydrogen-bond donors (Lipinski definition) is 1. The van der Waals surface area contributed by atoms with Crippen LogP contribution < -0.4 is 10.3 Å². The van der Waals surface area contributed by atoms with Gasteiger partial charge in [-0.25, -0.2) is 4.98 Å². The summed E-state index contributed by atoms with van der Waals surface area (Å²) in [5.74, 6) is 0.958. The molecule has 0 bridgehead atoms. The van der Waals surface area contributed by atoms with Gasteiger partial charge in [-0.1, -0.05) is 42.5 Å². The molecule has 0 spiro atoms. The highest BCUT2D eigenvalue weighted by Gasteiger charge is 2.16. The Kier molecular flexibility index (Phi) is 5.11. The van der Waals surface area contributed by atoms with Gasteiger partial charge < -0.3 is 9.84 Å². The van der Waals surface area contributed by atoms with Gasteiger partial charge >= 0.3 is 0 Å². The summed E-state index contributed by atoms with van der Waals surface area (Å²) in [6.45, 7) is 3.85. The van der Waals surface area contributed by atoms with Crippen molar-refractivity contribution in [1.82, 2.24) is 9.55 Å². The van der Waals surface area contributed by atoms with E-state index in [1.165, 1.54) is 7.11 Å². The Balaban J connectivity index is 2.02. The Hall–Kier alpha value is -3.86. The maximum Gasteiger partial charge on any atom is 0.266 e. The standard InChI is InChI=1S/C25H22N2O3/c1-16-9-4-7-13-21(16)27-24(26-20-12-6-5-11-19(20)25(27)29)17(2)15-18-10-8-14-22(30-3)23(18)28/h4-15,28H,1-3H3/b17-15+. The number of fused-ring (bicyclic) bond motifs is 1. The van der Waals surface area contributed by atoms with Crippen LogP contribution in [0.25, 0.3) is 28.2 Å². The van der Waals surface area contributed by atoms with Crippen LogP contribution in [0.4, 0.5) is 0 Å². The number of ether oxygens (including phenoxy) is 1. The molecule has 5 heteroatoms. The van der Waals surface area contributed by atoms with Crippen molar-refractivity contribution in [3.8, 4) is 17.2 Å². The average molecular weight is 398 g/mol. The number of phenolic OH excluding ortho intramolecular Hbond substituents is 1. The second-order valence-electron chi connectivity index (χ2n) is 7.11. The van der Waals surface area contributed by atoms with Crippen LogP contribution >= 0.6 is 0 Å². The van der Waals surface area contributed by atoms with Crippen LogP contribution in [0.1, 0.15) is 23.9 Å². The fraction of sp³-hybridized carbons (Fsp3) is 0.120. The van der Waals surface area contributed by atoms with Crippen molar-refractivity contribution in [3.05, 3.63) is 94.0 Å². The van der Waals surface area contributed by atoms with Crippen molar-refractivity contribution in [2.45, 2.75) is 13.8 Å². The van der Waals surface area contributed by atoms with E-state index in [0.717, 1.165) is 16.8 Å². The minimum Gasteiger partial charge on any atom is -0.504 e. The number of rotatable bonds is 4. The Morgan fingerprint density at radius 2 is 1.77 bits per heavy atom. The lowest BCUT2D eigenvalue weighted by atomic mass is 10.1. The topological polar surface area (TPSA) is 64.3 Å². The van der Waals surface area contributed by atoms with E-state index in [1.54, 1.807) is 28.8 Å². The number of aryl methyl sites for hydroxylation is 1. The van der Waals surface area contributed by atoms with Gasteiger partial charge in [-0.3, -0.25) is 9.36 Å². The third-order valence-corrected chi connectivity index (χ3v) is 5.11. The van der Waals surface area contributed by atoms with Gasteiger partial charge in [0, 0.05) is 5.56 Å². The maximum atomic E-state index is 13.5. The van der Waals surface area contributed by atoms with Gasteiger partial charge in [-0.15, -0.1) is 0 Å². The number of allylic oxidation sites excluding steroid dienone is 1. The van der Waals surface area contributed by atoms with Gasteiger partial charge in [-0.2, -0.15) is 0 Å². The molecule has 0 saturated carbocycles. The second-order valence-corrected chi connectivity index (χ2v) is 7.11. The van der Waals surface area contributed by atoms with Crippen molar-refractivity contribution in [3.63, 3.8) is 0 Å². The Morgan fingerprint density at radius 3 is 2.53 bits per heavy atom. The number of benzene rings is 3. The molecule has 1 N–H and O–H groups in total. The Bertz CT molecular complexity index is 1340. The summed E-state index contributed by atoms with van der Waals surface area (Å²) < 4.78 is 6.85. The molecular weight excluding hydrogens is 376 g/mol. The van der Waals surface area contributed by atoms with E-state index in [2.05, 4.69) is 0 Å². The van der Waals surface area contributed by atoms with E-state index < -0.39 is 0 Å². The van der Waals surface area contributed by atoms with Crippen molar-refractivity contribution in [2.75, 3.05) is 7.11 Å². The monoisotopic (exact) mass is 398 g/mol. The molecule has 0 saturated heterocycles. The van der Waals surface area contributed by atoms with Crippen LogP contribution in [0.15, 0.2) is 71.5 Å².